The molecule has 0 saturated carbocycles. The number of hydrogen-bond donors (Lipinski definition) is 0. The predicted octanol–water partition coefficient (Wildman–Crippen LogP) is 3.94. The van der Waals surface area contributed by atoms with Crippen LogP contribution < -0.4 is 4.90 Å². The maximum absolute atomic E-state index is 2.28. The molecular formula is C16H19N. The Labute approximate surface area is 104 Å². The van der Waals surface area contributed by atoms with Crippen molar-refractivity contribution in [1.29, 1.82) is 0 Å². The fourth-order valence-corrected chi connectivity index (χ4v) is 2.01. The number of hydrogen-bond acceptors (Lipinski definition) is 1. The molecule has 88 valence electrons. The van der Waals surface area contributed by atoms with Gasteiger partial charge in [0, 0.05) is 19.3 Å². The van der Waals surface area contributed by atoms with Crippen molar-refractivity contribution < 1.29 is 0 Å². The van der Waals surface area contributed by atoms with Gasteiger partial charge in [-0.05, 0) is 42.7 Å². The Morgan fingerprint density at radius 1 is 0.882 bits per heavy atom. The molecule has 2 aromatic carbocycles. The lowest BCUT2D eigenvalue weighted by Crippen LogP contribution is -2.17. The van der Waals surface area contributed by atoms with Gasteiger partial charge in [0.25, 0.3) is 0 Å². The maximum Gasteiger partial charge on any atom is 0.0428 e. The Morgan fingerprint density at radius 2 is 1.59 bits per heavy atom. The Morgan fingerprint density at radius 3 is 2.29 bits per heavy atom. The molecule has 0 spiro atoms. The summed E-state index contributed by atoms with van der Waals surface area (Å²) in [7, 11) is 2.14. The van der Waals surface area contributed by atoms with Crippen LogP contribution in [0.1, 0.15) is 16.7 Å². The van der Waals surface area contributed by atoms with Crippen LogP contribution in [0.2, 0.25) is 0 Å². The summed E-state index contributed by atoms with van der Waals surface area (Å²) in [6.45, 7) is 5.32. The average molecular weight is 225 g/mol. The summed E-state index contributed by atoms with van der Waals surface area (Å²) >= 11 is 0. The molecule has 2 rings (SSSR count). The fourth-order valence-electron chi connectivity index (χ4n) is 2.01. The third kappa shape index (κ3) is 2.68. The molecule has 0 atom stereocenters. The molecule has 0 heterocycles. The molecule has 0 fully saturated rings. The summed E-state index contributed by atoms with van der Waals surface area (Å²) in [4.78, 5) is 2.28. The largest absolute Gasteiger partial charge is 0.370 e. The topological polar surface area (TPSA) is 3.24 Å². The van der Waals surface area contributed by atoms with Gasteiger partial charge in [-0.15, -0.1) is 0 Å². The van der Waals surface area contributed by atoms with E-state index in [1.807, 2.05) is 0 Å². The second-order valence-corrected chi connectivity index (χ2v) is 4.55. The molecule has 1 nitrogen and oxygen atoms in total. The van der Waals surface area contributed by atoms with E-state index >= 15 is 0 Å². The molecule has 0 N–H and O–H groups in total. The minimum Gasteiger partial charge on any atom is -0.370 e. The van der Waals surface area contributed by atoms with Crippen molar-refractivity contribution >= 4 is 5.69 Å². The first-order chi connectivity index (χ1) is 8.18. The highest BCUT2D eigenvalue weighted by Crippen LogP contribution is 2.18. The first-order valence-corrected chi connectivity index (χ1v) is 6.00. The summed E-state index contributed by atoms with van der Waals surface area (Å²) < 4.78 is 0. The van der Waals surface area contributed by atoms with Crippen LogP contribution in [0.3, 0.4) is 0 Å². The monoisotopic (exact) mass is 225 g/mol. The molecular weight excluding hydrogens is 206 g/mol. The Bertz CT molecular complexity index is 488. The Balaban J connectivity index is 2.19. The third-order valence-electron chi connectivity index (χ3n) is 3.32. The van der Waals surface area contributed by atoms with Crippen LogP contribution in [0.15, 0.2) is 48.5 Å². The molecule has 0 aliphatic carbocycles. The van der Waals surface area contributed by atoms with Gasteiger partial charge in [0.1, 0.15) is 0 Å². The molecule has 0 amide bonds. The van der Waals surface area contributed by atoms with Crippen LogP contribution in [0.4, 0.5) is 5.69 Å². The van der Waals surface area contributed by atoms with Crippen LogP contribution >= 0.6 is 0 Å². The van der Waals surface area contributed by atoms with Gasteiger partial charge in [-0.1, -0.05) is 36.4 Å². The zero-order valence-electron chi connectivity index (χ0n) is 10.8. The Hall–Kier alpha value is -1.76. The van der Waals surface area contributed by atoms with E-state index in [1.54, 1.807) is 0 Å². The van der Waals surface area contributed by atoms with E-state index in [0.717, 1.165) is 6.54 Å². The molecule has 0 saturated heterocycles. The summed E-state index contributed by atoms with van der Waals surface area (Å²) in [5, 5.41) is 0. The van der Waals surface area contributed by atoms with Crippen molar-refractivity contribution in [3.8, 4) is 0 Å². The highest BCUT2D eigenvalue weighted by molar-refractivity contribution is 5.46. The van der Waals surface area contributed by atoms with Crippen molar-refractivity contribution in [1.82, 2.24) is 0 Å². The lowest BCUT2D eigenvalue weighted by molar-refractivity contribution is 0.911. The lowest BCUT2D eigenvalue weighted by Gasteiger charge is -2.21. The SMILES string of the molecule is Cc1cccc(CN(C)c2ccccc2)c1C. The molecule has 0 aromatic heterocycles. The van der Waals surface area contributed by atoms with Crippen LogP contribution in [-0.4, -0.2) is 7.05 Å². The zero-order chi connectivity index (χ0) is 12.3. The van der Waals surface area contributed by atoms with Crippen LogP contribution in [-0.2, 0) is 6.54 Å². The molecule has 17 heavy (non-hydrogen) atoms. The van der Waals surface area contributed by atoms with E-state index in [9.17, 15) is 0 Å². The quantitative estimate of drug-likeness (QED) is 0.764. The summed E-state index contributed by atoms with van der Waals surface area (Å²) in [6.07, 6.45) is 0. The Kier molecular flexibility index (Phi) is 3.48. The van der Waals surface area contributed by atoms with Crippen LogP contribution in [0.25, 0.3) is 0 Å². The van der Waals surface area contributed by atoms with Gasteiger partial charge < -0.3 is 4.90 Å². The maximum atomic E-state index is 2.28. The molecule has 1 heteroatoms. The predicted molar refractivity (Wildman–Crippen MR) is 74.5 cm³/mol. The van der Waals surface area contributed by atoms with E-state index in [1.165, 1.54) is 22.4 Å². The van der Waals surface area contributed by atoms with Gasteiger partial charge in [0.2, 0.25) is 0 Å². The van der Waals surface area contributed by atoms with E-state index in [-0.39, 0.29) is 0 Å². The third-order valence-corrected chi connectivity index (χ3v) is 3.32. The van der Waals surface area contributed by atoms with Crippen LogP contribution in [0.5, 0.6) is 0 Å². The summed E-state index contributed by atoms with van der Waals surface area (Å²) in [5.41, 5.74) is 5.42. The highest BCUT2D eigenvalue weighted by atomic mass is 15.1. The number of benzene rings is 2. The van der Waals surface area contributed by atoms with E-state index in [0.29, 0.717) is 0 Å². The van der Waals surface area contributed by atoms with Gasteiger partial charge in [-0.2, -0.15) is 0 Å². The smallest absolute Gasteiger partial charge is 0.0428 e. The zero-order valence-corrected chi connectivity index (χ0v) is 10.8. The van der Waals surface area contributed by atoms with Gasteiger partial charge >= 0.3 is 0 Å². The second-order valence-electron chi connectivity index (χ2n) is 4.55. The minimum absolute atomic E-state index is 0.956. The van der Waals surface area contributed by atoms with Crippen molar-refractivity contribution in [3.05, 3.63) is 65.2 Å². The van der Waals surface area contributed by atoms with Crippen molar-refractivity contribution in [3.63, 3.8) is 0 Å². The minimum atomic E-state index is 0.956. The number of nitrogens with zero attached hydrogens (tertiary/aromatic N) is 1. The fraction of sp³-hybridized carbons (Fsp3) is 0.250. The van der Waals surface area contributed by atoms with Gasteiger partial charge in [0.15, 0.2) is 0 Å². The second kappa shape index (κ2) is 5.05. The number of rotatable bonds is 3. The van der Waals surface area contributed by atoms with Gasteiger partial charge in [-0.3, -0.25) is 0 Å². The normalized spacial score (nSPS) is 10.3. The number of para-hydroxylation sites is 1. The van der Waals surface area contributed by atoms with Gasteiger partial charge in [-0.25, -0.2) is 0 Å². The first-order valence-electron chi connectivity index (χ1n) is 6.00. The van der Waals surface area contributed by atoms with Crippen molar-refractivity contribution in [2.45, 2.75) is 20.4 Å². The average Bonchev–Trinajstić information content (AvgIpc) is 2.36. The van der Waals surface area contributed by atoms with Crippen molar-refractivity contribution in [2.75, 3.05) is 11.9 Å². The van der Waals surface area contributed by atoms with E-state index in [2.05, 4.69) is 74.3 Å². The molecule has 2 aromatic rings. The number of aryl methyl sites for hydroxylation is 1. The highest BCUT2D eigenvalue weighted by Gasteiger charge is 2.04. The lowest BCUT2D eigenvalue weighted by atomic mass is 10.0. The van der Waals surface area contributed by atoms with E-state index in [4.69, 9.17) is 0 Å². The standard InChI is InChI=1S/C16H19N/c1-13-8-7-9-15(14(13)2)12-17(3)16-10-5-4-6-11-16/h4-11H,12H2,1-3H3. The molecule has 0 unspecified atom stereocenters. The molecule has 0 aliphatic heterocycles. The molecule has 0 radical (unpaired) electrons. The van der Waals surface area contributed by atoms with Crippen molar-refractivity contribution in [2.24, 2.45) is 0 Å². The first kappa shape index (κ1) is 11.7. The molecule has 0 aliphatic rings. The van der Waals surface area contributed by atoms with E-state index < -0.39 is 0 Å². The number of anilines is 1. The van der Waals surface area contributed by atoms with Gasteiger partial charge in [0.05, 0.1) is 0 Å². The summed E-state index contributed by atoms with van der Waals surface area (Å²) in [6, 6.07) is 17.0. The molecule has 0 bridgehead atoms. The van der Waals surface area contributed by atoms with Crippen LogP contribution in [0, 0.1) is 13.8 Å². The summed E-state index contributed by atoms with van der Waals surface area (Å²) in [5.74, 6) is 0.